The molecular formula is C21H22F2N2O5S. The summed E-state index contributed by atoms with van der Waals surface area (Å²) in [6.45, 7) is -2.31. The van der Waals surface area contributed by atoms with Crippen LogP contribution in [-0.4, -0.2) is 63.4 Å². The molecule has 166 valence electrons. The molecule has 1 amide bonds. The molecule has 1 aliphatic rings. The molecule has 2 aromatic carbocycles. The summed E-state index contributed by atoms with van der Waals surface area (Å²) in [7, 11) is -2.33. The van der Waals surface area contributed by atoms with E-state index >= 15 is 0 Å². The topological polar surface area (TPSA) is 76.2 Å². The Morgan fingerprint density at radius 3 is 2.32 bits per heavy atom. The molecule has 0 spiro atoms. The lowest BCUT2D eigenvalue weighted by molar-refractivity contribution is -0.0512. The van der Waals surface area contributed by atoms with Crippen LogP contribution in [0, 0.1) is 0 Å². The van der Waals surface area contributed by atoms with E-state index in [9.17, 15) is 22.0 Å². The first kappa shape index (κ1) is 22.7. The Morgan fingerprint density at radius 2 is 1.71 bits per heavy atom. The van der Waals surface area contributed by atoms with Crippen LogP contribution < -0.4 is 9.47 Å². The molecule has 2 aromatic rings. The van der Waals surface area contributed by atoms with Crippen LogP contribution in [0.2, 0.25) is 0 Å². The summed E-state index contributed by atoms with van der Waals surface area (Å²) in [5, 5.41) is 1.16. The number of sulfonamides is 1. The zero-order chi connectivity index (χ0) is 22.4. The first-order valence-corrected chi connectivity index (χ1v) is 11.0. The van der Waals surface area contributed by atoms with E-state index in [1.165, 1.54) is 40.6 Å². The van der Waals surface area contributed by atoms with Gasteiger partial charge in [0.15, 0.2) is 11.5 Å². The van der Waals surface area contributed by atoms with E-state index < -0.39 is 16.6 Å². The van der Waals surface area contributed by atoms with Crippen molar-refractivity contribution in [2.75, 3.05) is 33.3 Å². The number of piperazine rings is 1. The highest BCUT2D eigenvalue weighted by Crippen LogP contribution is 2.30. The fraction of sp³-hybridized carbons (Fsp3) is 0.286. The van der Waals surface area contributed by atoms with Crippen molar-refractivity contribution in [3.8, 4) is 11.5 Å². The normalized spacial score (nSPS) is 15.4. The molecule has 3 rings (SSSR count). The maximum Gasteiger partial charge on any atom is 0.387 e. The van der Waals surface area contributed by atoms with E-state index in [1.807, 2.05) is 18.2 Å². The molecular weight excluding hydrogens is 430 g/mol. The summed E-state index contributed by atoms with van der Waals surface area (Å²) in [4.78, 5) is 14.3. The number of ether oxygens (including phenoxy) is 2. The number of nitrogens with zero attached hydrogens (tertiary/aromatic N) is 2. The van der Waals surface area contributed by atoms with Crippen molar-refractivity contribution in [2.24, 2.45) is 0 Å². The summed E-state index contributed by atoms with van der Waals surface area (Å²) in [5.41, 5.74) is 1.01. The van der Waals surface area contributed by atoms with E-state index in [-0.39, 0.29) is 49.1 Å². The maximum absolute atomic E-state index is 12.8. The number of methoxy groups -OCH3 is 1. The van der Waals surface area contributed by atoms with Crippen LogP contribution in [0.3, 0.4) is 0 Å². The third-order valence-corrected chi connectivity index (χ3v) is 6.31. The lowest BCUT2D eigenvalue weighted by atomic mass is 10.1. The average Bonchev–Trinajstić information content (AvgIpc) is 2.78. The fourth-order valence-electron chi connectivity index (χ4n) is 3.14. The second-order valence-corrected chi connectivity index (χ2v) is 8.51. The number of carbonyl (C=O) groups excluding carboxylic acids is 1. The van der Waals surface area contributed by atoms with Gasteiger partial charge in [0, 0.05) is 37.2 Å². The summed E-state index contributed by atoms with van der Waals surface area (Å²) in [6.07, 6.45) is 1.53. The largest absolute Gasteiger partial charge is 0.493 e. The van der Waals surface area contributed by atoms with Crippen molar-refractivity contribution >= 4 is 22.0 Å². The van der Waals surface area contributed by atoms with E-state index in [0.29, 0.717) is 0 Å². The van der Waals surface area contributed by atoms with E-state index in [4.69, 9.17) is 4.74 Å². The van der Waals surface area contributed by atoms with Crippen LogP contribution in [0.4, 0.5) is 8.78 Å². The number of halogens is 2. The predicted octanol–water partition coefficient (Wildman–Crippen LogP) is 3.06. The second kappa shape index (κ2) is 9.88. The number of alkyl halides is 2. The molecule has 0 N–H and O–H groups in total. The van der Waals surface area contributed by atoms with Crippen molar-refractivity contribution in [3.05, 3.63) is 65.1 Å². The van der Waals surface area contributed by atoms with Gasteiger partial charge in [-0.15, -0.1) is 0 Å². The molecule has 31 heavy (non-hydrogen) atoms. The number of hydrogen-bond acceptors (Lipinski definition) is 5. The zero-order valence-corrected chi connectivity index (χ0v) is 17.6. The Bertz CT molecular complexity index is 1040. The second-order valence-electron chi connectivity index (χ2n) is 6.69. The molecule has 0 atom stereocenters. The van der Waals surface area contributed by atoms with Crippen molar-refractivity contribution in [1.29, 1.82) is 0 Å². The SMILES string of the molecule is COc1cc(C(=O)N2CCN(S(=O)(=O)/C=C/c3ccccc3)CC2)ccc1OC(F)F. The molecule has 0 saturated carbocycles. The molecule has 0 bridgehead atoms. The van der Waals surface area contributed by atoms with Crippen LogP contribution in [0.25, 0.3) is 6.08 Å². The summed E-state index contributed by atoms with van der Waals surface area (Å²) in [6, 6.07) is 13.0. The van der Waals surface area contributed by atoms with E-state index in [0.717, 1.165) is 11.0 Å². The maximum atomic E-state index is 12.8. The Kier molecular flexibility index (Phi) is 7.24. The van der Waals surface area contributed by atoms with Crippen LogP contribution in [0.1, 0.15) is 15.9 Å². The van der Waals surface area contributed by atoms with Crippen molar-refractivity contribution in [3.63, 3.8) is 0 Å². The van der Waals surface area contributed by atoms with Crippen LogP contribution >= 0.6 is 0 Å². The zero-order valence-electron chi connectivity index (χ0n) is 16.8. The Hall–Kier alpha value is -2.98. The molecule has 0 aliphatic carbocycles. The molecule has 10 heteroatoms. The Labute approximate surface area is 179 Å². The molecule has 1 fully saturated rings. The van der Waals surface area contributed by atoms with Gasteiger partial charge < -0.3 is 14.4 Å². The van der Waals surface area contributed by atoms with Gasteiger partial charge in [-0.1, -0.05) is 30.3 Å². The molecule has 0 radical (unpaired) electrons. The molecule has 1 aliphatic heterocycles. The van der Waals surface area contributed by atoms with Gasteiger partial charge in [-0.05, 0) is 29.8 Å². The van der Waals surface area contributed by atoms with Crippen LogP contribution in [0.15, 0.2) is 53.9 Å². The smallest absolute Gasteiger partial charge is 0.387 e. The monoisotopic (exact) mass is 452 g/mol. The summed E-state index contributed by atoms with van der Waals surface area (Å²) >= 11 is 0. The minimum absolute atomic E-state index is 0.0124. The Balaban J connectivity index is 1.64. The minimum atomic E-state index is -3.62. The summed E-state index contributed by atoms with van der Waals surface area (Å²) < 4.78 is 60.7. The molecule has 0 unspecified atom stereocenters. The molecule has 7 nitrogen and oxygen atoms in total. The van der Waals surface area contributed by atoms with Gasteiger partial charge in [0.2, 0.25) is 10.0 Å². The van der Waals surface area contributed by atoms with Gasteiger partial charge in [0.05, 0.1) is 7.11 Å². The van der Waals surface area contributed by atoms with Gasteiger partial charge in [-0.2, -0.15) is 13.1 Å². The fourth-order valence-corrected chi connectivity index (χ4v) is 4.31. The van der Waals surface area contributed by atoms with Crippen LogP contribution in [0.5, 0.6) is 11.5 Å². The van der Waals surface area contributed by atoms with Gasteiger partial charge in [0.1, 0.15) is 0 Å². The molecule has 0 aromatic heterocycles. The highest BCUT2D eigenvalue weighted by atomic mass is 32.2. The number of benzene rings is 2. The standard InChI is InChI=1S/C21H22F2N2O5S/c1-29-19-15-17(7-8-18(19)30-21(22)23)20(26)24-10-12-25(13-11-24)31(27,28)14-9-16-5-3-2-4-6-16/h2-9,14-15,21H,10-13H2,1H3/b14-9+. The third-order valence-electron chi connectivity index (χ3n) is 4.74. The van der Waals surface area contributed by atoms with Crippen molar-refractivity contribution in [2.45, 2.75) is 6.61 Å². The minimum Gasteiger partial charge on any atom is -0.493 e. The highest BCUT2D eigenvalue weighted by Gasteiger charge is 2.28. The van der Waals surface area contributed by atoms with Gasteiger partial charge in [-0.25, -0.2) is 8.42 Å². The first-order valence-electron chi connectivity index (χ1n) is 9.45. The quantitative estimate of drug-likeness (QED) is 0.646. The number of rotatable bonds is 7. The first-order chi connectivity index (χ1) is 14.8. The lowest BCUT2D eigenvalue weighted by Crippen LogP contribution is -2.50. The predicted molar refractivity (Wildman–Crippen MR) is 111 cm³/mol. The van der Waals surface area contributed by atoms with Gasteiger partial charge in [0.25, 0.3) is 5.91 Å². The third kappa shape index (κ3) is 5.80. The molecule has 1 saturated heterocycles. The number of hydrogen-bond donors (Lipinski definition) is 0. The van der Waals surface area contributed by atoms with Gasteiger partial charge in [-0.3, -0.25) is 4.79 Å². The lowest BCUT2D eigenvalue weighted by Gasteiger charge is -2.33. The number of carbonyl (C=O) groups is 1. The van der Waals surface area contributed by atoms with Gasteiger partial charge >= 0.3 is 6.61 Å². The van der Waals surface area contributed by atoms with Crippen molar-refractivity contribution in [1.82, 2.24) is 9.21 Å². The highest BCUT2D eigenvalue weighted by molar-refractivity contribution is 7.92. The Morgan fingerprint density at radius 1 is 1.03 bits per heavy atom. The van der Waals surface area contributed by atoms with Crippen LogP contribution in [-0.2, 0) is 10.0 Å². The number of amides is 1. The van der Waals surface area contributed by atoms with E-state index in [2.05, 4.69) is 4.74 Å². The van der Waals surface area contributed by atoms with E-state index in [1.54, 1.807) is 12.1 Å². The average molecular weight is 452 g/mol. The summed E-state index contributed by atoms with van der Waals surface area (Å²) in [5.74, 6) is -0.507. The molecule has 1 heterocycles. The van der Waals surface area contributed by atoms with Crippen molar-refractivity contribution < 1.29 is 31.5 Å².